The summed E-state index contributed by atoms with van der Waals surface area (Å²) in [7, 11) is 0. The van der Waals surface area contributed by atoms with Crippen LogP contribution in [-0.2, 0) is 28.5 Å². The summed E-state index contributed by atoms with van der Waals surface area (Å²) in [6.45, 7) is 4.14. The molecule has 4 heterocycles. The molecule has 0 aromatic rings. The van der Waals surface area contributed by atoms with E-state index in [0.717, 1.165) is 24.8 Å². The van der Waals surface area contributed by atoms with Crippen molar-refractivity contribution in [3.05, 3.63) is 11.6 Å². The van der Waals surface area contributed by atoms with Gasteiger partial charge in [-0.2, -0.15) is 0 Å². The fourth-order valence-electron chi connectivity index (χ4n) is 4.90. The monoisotopic (exact) mass is 348 g/mol. The average molecular weight is 348 g/mol. The van der Waals surface area contributed by atoms with Gasteiger partial charge in [-0.05, 0) is 45.6 Å². The first-order chi connectivity index (χ1) is 11.9. The van der Waals surface area contributed by atoms with Crippen LogP contribution in [0.2, 0.25) is 0 Å². The van der Waals surface area contributed by atoms with Crippen molar-refractivity contribution >= 4 is 11.9 Å². The van der Waals surface area contributed by atoms with E-state index in [1.54, 1.807) is 0 Å². The van der Waals surface area contributed by atoms with Crippen LogP contribution in [-0.4, -0.2) is 47.6 Å². The number of epoxide rings is 2. The van der Waals surface area contributed by atoms with Crippen LogP contribution in [0.5, 0.6) is 0 Å². The second-order valence-corrected chi connectivity index (χ2v) is 8.61. The first-order valence-electron chi connectivity index (χ1n) is 9.33. The van der Waals surface area contributed by atoms with E-state index in [1.165, 1.54) is 0 Å². The van der Waals surface area contributed by atoms with Crippen LogP contribution in [0.3, 0.4) is 0 Å². The lowest BCUT2D eigenvalue weighted by Gasteiger charge is -2.19. The highest BCUT2D eigenvalue weighted by atomic mass is 16.7. The van der Waals surface area contributed by atoms with Gasteiger partial charge in [0.15, 0.2) is 0 Å². The molecule has 7 unspecified atom stereocenters. The van der Waals surface area contributed by atoms with Gasteiger partial charge in [0.05, 0.1) is 23.7 Å². The van der Waals surface area contributed by atoms with Crippen molar-refractivity contribution in [3.8, 4) is 0 Å². The van der Waals surface area contributed by atoms with E-state index < -0.39 is 5.60 Å². The summed E-state index contributed by atoms with van der Waals surface area (Å²) in [5, 5.41) is 0. The van der Waals surface area contributed by atoms with Crippen LogP contribution in [0.4, 0.5) is 0 Å². The Bertz CT molecular complexity index is 671. The van der Waals surface area contributed by atoms with E-state index in [0.29, 0.717) is 19.3 Å². The zero-order valence-corrected chi connectivity index (χ0v) is 14.7. The molecule has 2 bridgehead atoms. The molecule has 0 amide bonds. The lowest BCUT2D eigenvalue weighted by Crippen LogP contribution is -2.30. The highest BCUT2D eigenvalue weighted by Crippen LogP contribution is 2.51. The molecule has 0 radical (unpaired) electrons. The molecule has 5 rings (SSSR count). The number of ether oxygens (including phenoxy) is 4. The van der Waals surface area contributed by atoms with Gasteiger partial charge < -0.3 is 18.9 Å². The van der Waals surface area contributed by atoms with Crippen molar-refractivity contribution in [2.24, 2.45) is 5.92 Å². The van der Waals surface area contributed by atoms with Crippen molar-refractivity contribution in [3.63, 3.8) is 0 Å². The van der Waals surface area contributed by atoms with Crippen molar-refractivity contribution in [2.75, 3.05) is 0 Å². The van der Waals surface area contributed by atoms with E-state index >= 15 is 0 Å². The minimum atomic E-state index is -0.392. The molecule has 3 fully saturated rings. The third kappa shape index (κ3) is 2.61. The minimum absolute atomic E-state index is 0.105. The molecule has 0 saturated carbocycles. The molecule has 0 spiro atoms. The lowest BCUT2D eigenvalue weighted by molar-refractivity contribution is -0.142. The zero-order valence-electron chi connectivity index (χ0n) is 14.7. The predicted octanol–water partition coefficient (Wildman–Crippen LogP) is 2.05. The maximum atomic E-state index is 12.1. The summed E-state index contributed by atoms with van der Waals surface area (Å²) >= 11 is 0. The number of fused-ring (bicyclic) bond motifs is 5. The summed E-state index contributed by atoms with van der Waals surface area (Å²) in [4.78, 5) is 24.0. The standard InChI is InChI=1S/C19H24O6/c1-18-6-5-10-8-14(20)23-15(10)16-19(2,25-16)9-12-7-11(17(21)22-12)3-4-13(18)24-18/h7,10,12-13,15-16H,3-6,8-9H2,1-2H3. The highest BCUT2D eigenvalue weighted by molar-refractivity contribution is 5.90. The molecule has 25 heavy (non-hydrogen) atoms. The Balaban J connectivity index is 1.40. The summed E-state index contributed by atoms with van der Waals surface area (Å²) in [5.74, 6) is -0.167. The number of rotatable bonds is 0. The summed E-state index contributed by atoms with van der Waals surface area (Å²) in [6, 6.07) is 0. The maximum Gasteiger partial charge on any atom is 0.334 e. The van der Waals surface area contributed by atoms with Gasteiger partial charge in [0.2, 0.25) is 0 Å². The van der Waals surface area contributed by atoms with Crippen LogP contribution in [0.1, 0.15) is 52.4 Å². The number of carbonyl (C=O) groups excluding carboxylic acids is 2. The lowest BCUT2D eigenvalue weighted by atomic mass is 9.84. The topological polar surface area (TPSA) is 77.7 Å². The molecule has 1 aliphatic carbocycles. The van der Waals surface area contributed by atoms with Crippen LogP contribution >= 0.6 is 0 Å². The average Bonchev–Trinajstić information content (AvgIpc) is 3.27. The van der Waals surface area contributed by atoms with E-state index in [1.807, 2.05) is 13.0 Å². The van der Waals surface area contributed by atoms with Crippen LogP contribution in [0, 0.1) is 5.92 Å². The number of esters is 2. The molecular formula is C19H24O6. The predicted molar refractivity (Wildman–Crippen MR) is 85.6 cm³/mol. The maximum absolute atomic E-state index is 12.1. The Morgan fingerprint density at radius 3 is 2.76 bits per heavy atom. The molecular weight excluding hydrogens is 324 g/mol. The Kier molecular flexibility index (Phi) is 3.21. The van der Waals surface area contributed by atoms with Gasteiger partial charge in [-0.15, -0.1) is 0 Å². The Labute approximate surface area is 146 Å². The molecule has 0 aromatic heterocycles. The first kappa shape index (κ1) is 15.8. The summed E-state index contributed by atoms with van der Waals surface area (Å²) < 4.78 is 23.0. The second kappa shape index (κ2) is 5.07. The third-order valence-corrected chi connectivity index (χ3v) is 6.64. The minimum Gasteiger partial charge on any atom is -0.459 e. The molecule has 0 aromatic carbocycles. The van der Waals surface area contributed by atoms with E-state index in [2.05, 4.69) is 6.92 Å². The molecule has 7 atom stereocenters. The van der Waals surface area contributed by atoms with Crippen LogP contribution < -0.4 is 0 Å². The highest BCUT2D eigenvalue weighted by Gasteiger charge is 2.62. The van der Waals surface area contributed by atoms with Crippen molar-refractivity contribution in [1.29, 1.82) is 0 Å². The zero-order chi connectivity index (χ0) is 17.4. The molecule has 0 N–H and O–H groups in total. The first-order valence-corrected chi connectivity index (χ1v) is 9.33. The third-order valence-electron chi connectivity index (χ3n) is 6.64. The van der Waals surface area contributed by atoms with E-state index in [4.69, 9.17) is 18.9 Å². The van der Waals surface area contributed by atoms with Gasteiger partial charge in [-0.3, -0.25) is 4.79 Å². The smallest absolute Gasteiger partial charge is 0.334 e. The fourth-order valence-corrected chi connectivity index (χ4v) is 4.90. The van der Waals surface area contributed by atoms with Gasteiger partial charge in [0.1, 0.15) is 18.3 Å². The Morgan fingerprint density at radius 1 is 1.08 bits per heavy atom. The van der Waals surface area contributed by atoms with Gasteiger partial charge in [-0.1, -0.05) is 0 Å². The molecule has 6 nitrogen and oxygen atoms in total. The van der Waals surface area contributed by atoms with Gasteiger partial charge in [-0.25, -0.2) is 4.79 Å². The van der Waals surface area contributed by atoms with Gasteiger partial charge in [0.25, 0.3) is 0 Å². The van der Waals surface area contributed by atoms with Crippen LogP contribution in [0.15, 0.2) is 11.6 Å². The largest absolute Gasteiger partial charge is 0.459 e. The normalized spacial score (nSPS) is 51.3. The fraction of sp³-hybridized carbons (Fsp3) is 0.789. The van der Waals surface area contributed by atoms with Gasteiger partial charge in [0, 0.05) is 17.9 Å². The van der Waals surface area contributed by atoms with E-state index in [9.17, 15) is 9.59 Å². The van der Waals surface area contributed by atoms with E-state index in [-0.39, 0.29) is 47.9 Å². The molecule has 3 saturated heterocycles. The molecule has 6 heteroatoms. The number of hydrogen-bond donors (Lipinski definition) is 0. The van der Waals surface area contributed by atoms with Crippen LogP contribution in [0.25, 0.3) is 0 Å². The second-order valence-electron chi connectivity index (χ2n) is 8.61. The quantitative estimate of drug-likeness (QED) is 0.492. The van der Waals surface area contributed by atoms with Gasteiger partial charge >= 0.3 is 11.9 Å². The number of carbonyl (C=O) groups is 2. The molecule has 5 aliphatic rings. The SMILES string of the molecule is CC12CCC3CC(=O)OC3C3OC3(C)CC3C=C(CCC1O2)C(=O)O3. The summed E-state index contributed by atoms with van der Waals surface area (Å²) in [5.41, 5.74) is 0.221. The molecule has 136 valence electrons. The number of hydrogen-bond acceptors (Lipinski definition) is 6. The molecule has 4 aliphatic heterocycles. The van der Waals surface area contributed by atoms with Crippen molar-refractivity contribution in [2.45, 2.75) is 88.0 Å². The Hall–Kier alpha value is -1.40. The summed E-state index contributed by atoms with van der Waals surface area (Å²) in [6.07, 6.45) is 6.00. The van der Waals surface area contributed by atoms with Crippen molar-refractivity contribution < 1.29 is 28.5 Å². The Morgan fingerprint density at radius 2 is 1.92 bits per heavy atom. The van der Waals surface area contributed by atoms with Crippen molar-refractivity contribution in [1.82, 2.24) is 0 Å².